The Bertz CT molecular complexity index is 539. The molecule has 0 bridgehead atoms. The van der Waals surface area contributed by atoms with Crippen LogP contribution < -0.4 is 5.32 Å². The molecule has 1 aromatic rings. The molecule has 0 aliphatic carbocycles. The maximum absolute atomic E-state index is 11.0. The molecule has 0 aromatic heterocycles. The molecule has 1 aromatic carbocycles. The Labute approximate surface area is 119 Å². The van der Waals surface area contributed by atoms with E-state index in [0.717, 1.165) is 31.3 Å². The molecule has 0 saturated carbocycles. The van der Waals surface area contributed by atoms with Gasteiger partial charge < -0.3 is 5.32 Å². The van der Waals surface area contributed by atoms with E-state index in [0.29, 0.717) is 11.4 Å². The van der Waals surface area contributed by atoms with Crippen molar-refractivity contribution in [2.75, 3.05) is 26.0 Å². The number of benzene rings is 1. The lowest BCUT2D eigenvalue weighted by Gasteiger charge is -2.28. The SMILES string of the molecule is CS(=O)(=O)OCCC1(c2cccc(Cl)c2)CCNC1. The van der Waals surface area contributed by atoms with Crippen LogP contribution in [0.15, 0.2) is 24.3 Å². The number of hydrogen-bond donors (Lipinski definition) is 1. The van der Waals surface area contributed by atoms with Crippen LogP contribution in [-0.2, 0) is 19.7 Å². The monoisotopic (exact) mass is 303 g/mol. The van der Waals surface area contributed by atoms with Crippen molar-refractivity contribution in [3.05, 3.63) is 34.9 Å². The van der Waals surface area contributed by atoms with Gasteiger partial charge in [0.15, 0.2) is 0 Å². The molecule has 1 heterocycles. The predicted octanol–water partition coefficient (Wildman–Crippen LogP) is 1.94. The van der Waals surface area contributed by atoms with Gasteiger partial charge in [-0.3, -0.25) is 4.18 Å². The summed E-state index contributed by atoms with van der Waals surface area (Å²) in [4.78, 5) is 0. The van der Waals surface area contributed by atoms with Gasteiger partial charge in [-0.25, -0.2) is 0 Å². The average molecular weight is 304 g/mol. The Morgan fingerprint density at radius 3 is 2.84 bits per heavy atom. The normalized spacial score (nSPS) is 23.7. The lowest BCUT2D eigenvalue weighted by atomic mass is 9.77. The van der Waals surface area contributed by atoms with E-state index in [9.17, 15) is 8.42 Å². The quantitative estimate of drug-likeness (QED) is 0.845. The van der Waals surface area contributed by atoms with E-state index in [1.54, 1.807) is 0 Å². The zero-order chi connectivity index (χ0) is 13.9. The lowest BCUT2D eigenvalue weighted by Crippen LogP contribution is -2.31. The predicted molar refractivity (Wildman–Crippen MR) is 76.0 cm³/mol. The highest BCUT2D eigenvalue weighted by molar-refractivity contribution is 7.85. The molecular weight excluding hydrogens is 286 g/mol. The van der Waals surface area contributed by atoms with Crippen molar-refractivity contribution in [1.82, 2.24) is 5.32 Å². The van der Waals surface area contributed by atoms with Crippen molar-refractivity contribution in [3.63, 3.8) is 0 Å². The minimum atomic E-state index is -3.38. The van der Waals surface area contributed by atoms with Gasteiger partial charge in [0.05, 0.1) is 12.9 Å². The third-order valence-electron chi connectivity index (χ3n) is 3.56. The summed E-state index contributed by atoms with van der Waals surface area (Å²) in [5, 5.41) is 4.03. The van der Waals surface area contributed by atoms with Gasteiger partial charge in [0.2, 0.25) is 0 Å². The molecule has 1 atom stereocenters. The summed E-state index contributed by atoms with van der Waals surface area (Å²) in [6.45, 7) is 1.94. The fraction of sp³-hybridized carbons (Fsp3) is 0.538. The molecule has 1 N–H and O–H groups in total. The van der Waals surface area contributed by atoms with Gasteiger partial charge in [-0.05, 0) is 37.1 Å². The minimum absolute atomic E-state index is 0.0877. The summed E-state index contributed by atoms with van der Waals surface area (Å²) in [6, 6.07) is 7.76. The molecular formula is C13H18ClNO3S. The first-order chi connectivity index (χ1) is 8.91. The topological polar surface area (TPSA) is 55.4 Å². The highest BCUT2D eigenvalue weighted by Gasteiger charge is 2.35. The van der Waals surface area contributed by atoms with Gasteiger partial charge in [-0.2, -0.15) is 8.42 Å². The maximum Gasteiger partial charge on any atom is 0.264 e. The molecule has 19 heavy (non-hydrogen) atoms. The molecule has 0 amide bonds. The van der Waals surface area contributed by atoms with Crippen molar-refractivity contribution in [2.24, 2.45) is 0 Å². The second-order valence-electron chi connectivity index (χ2n) is 4.99. The summed E-state index contributed by atoms with van der Waals surface area (Å²) in [6.07, 6.45) is 2.69. The Morgan fingerprint density at radius 2 is 2.26 bits per heavy atom. The van der Waals surface area contributed by atoms with Crippen LogP contribution in [-0.4, -0.2) is 34.4 Å². The Kier molecular flexibility index (Phi) is 4.50. The number of hydrogen-bond acceptors (Lipinski definition) is 4. The number of nitrogens with one attached hydrogen (secondary N) is 1. The molecule has 106 valence electrons. The second kappa shape index (κ2) is 5.79. The largest absolute Gasteiger partial charge is 0.316 e. The third-order valence-corrected chi connectivity index (χ3v) is 4.39. The van der Waals surface area contributed by atoms with E-state index in [1.807, 2.05) is 24.3 Å². The maximum atomic E-state index is 11.0. The number of rotatable bonds is 5. The van der Waals surface area contributed by atoms with Crippen molar-refractivity contribution < 1.29 is 12.6 Å². The first-order valence-corrected chi connectivity index (χ1v) is 8.42. The average Bonchev–Trinajstić information content (AvgIpc) is 2.77. The lowest BCUT2D eigenvalue weighted by molar-refractivity contribution is 0.269. The summed E-state index contributed by atoms with van der Waals surface area (Å²) in [5.74, 6) is 0. The molecule has 0 radical (unpaired) electrons. The molecule has 4 nitrogen and oxygen atoms in total. The zero-order valence-electron chi connectivity index (χ0n) is 10.9. The van der Waals surface area contributed by atoms with Crippen LogP contribution in [0.5, 0.6) is 0 Å². The van der Waals surface area contributed by atoms with E-state index >= 15 is 0 Å². The molecule has 6 heteroatoms. The smallest absolute Gasteiger partial charge is 0.264 e. The molecule has 1 aliphatic rings. The van der Waals surface area contributed by atoms with Gasteiger partial charge in [0.25, 0.3) is 10.1 Å². The van der Waals surface area contributed by atoms with E-state index in [-0.39, 0.29) is 12.0 Å². The summed E-state index contributed by atoms with van der Waals surface area (Å²) in [5.41, 5.74) is 1.05. The second-order valence-corrected chi connectivity index (χ2v) is 7.07. The van der Waals surface area contributed by atoms with E-state index in [2.05, 4.69) is 5.32 Å². The highest BCUT2D eigenvalue weighted by atomic mass is 35.5. The van der Waals surface area contributed by atoms with Crippen LogP contribution in [0.1, 0.15) is 18.4 Å². The number of halogens is 1. The summed E-state index contributed by atoms with van der Waals surface area (Å²) >= 11 is 6.04. The van der Waals surface area contributed by atoms with Gasteiger partial charge in [-0.1, -0.05) is 23.7 Å². The summed E-state index contributed by atoms with van der Waals surface area (Å²) < 4.78 is 27.0. The van der Waals surface area contributed by atoms with Gasteiger partial charge >= 0.3 is 0 Å². The van der Waals surface area contributed by atoms with Gasteiger partial charge in [-0.15, -0.1) is 0 Å². The van der Waals surface area contributed by atoms with E-state index in [4.69, 9.17) is 15.8 Å². The molecule has 1 saturated heterocycles. The van der Waals surface area contributed by atoms with Gasteiger partial charge in [0, 0.05) is 17.0 Å². The van der Waals surface area contributed by atoms with E-state index in [1.165, 1.54) is 0 Å². The van der Waals surface area contributed by atoms with Crippen molar-refractivity contribution in [2.45, 2.75) is 18.3 Å². The van der Waals surface area contributed by atoms with Crippen molar-refractivity contribution >= 4 is 21.7 Å². The fourth-order valence-corrected chi connectivity index (χ4v) is 3.13. The third kappa shape index (κ3) is 3.92. The molecule has 1 aliphatic heterocycles. The van der Waals surface area contributed by atoms with Crippen LogP contribution in [0.4, 0.5) is 0 Å². The molecule has 2 rings (SSSR count). The summed E-state index contributed by atoms with van der Waals surface area (Å²) in [7, 11) is -3.38. The van der Waals surface area contributed by atoms with Crippen molar-refractivity contribution in [3.8, 4) is 0 Å². The van der Waals surface area contributed by atoms with Crippen LogP contribution in [0.2, 0.25) is 5.02 Å². The Morgan fingerprint density at radius 1 is 1.47 bits per heavy atom. The van der Waals surface area contributed by atoms with Crippen LogP contribution in [0.3, 0.4) is 0 Å². The molecule has 0 spiro atoms. The van der Waals surface area contributed by atoms with Gasteiger partial charge in [0.1, 0.15) is 0 Å². The highest BCUT2D eigenvalue weighted by Crippen LogP contribution is 2.35. The van der Waals surface area contributed by atoms with Crippen LogP contribution >= 0.6 is 11.6 Å². The Balaban J connectivity index is 2.14. The molecule has 1 fully saturated rings. The molecule has 1 unspecified atom stereocenters. The standard InChI is InChI=1S/C13H18ClNO3S/c1-19(16,17)18-8-6-13(5-7-15-10-13)11-3-2-4-12(14)9-11/h2-4,9,15H,5-8,10H2,1H3. The van der Waals surface area contributed by atoms with Crippen molar-refractivity contribution in [1.29, 1.82) is 0 Å². The first-order valence-electron chi connectivity index (χ1n) is 6.23. The van der Waals surface area contributed by atoms with Crippen LogP contribution in [0.25, 0.3) is 0 Å². The first kappa shape index (κ1) is 14.8. The minimum Gasteiger partial charge on any atom is -0.316 e. The van der Waals surface area contributed by atoms with Crippen LogP contribution in [0, 0.1) is 0 Å². The zero-order valence-corrected chi connectivity index (χ0v) is 12.4. The Hall–Kier alpha value is -0.620. The fourth-order valence-electron chi connectivity index (χ4n) is 2.55. The van der Waals surface area contributed by atoms with E-state index < -0.39 is 10.1 Å².